The largest absolute Gasteiger partial charge is 0.347 e. The lowest BCUT2D eigenvalue weighted by Gasteiger charge is -2.06. The number of carbonyl (C=O) groups is 1. The third kappa shape index (κ3) is 3.55. The quantitative estimate of drug-likeness (QED) is 0.421. The maximum Gasteiger partial charge on any atom is 0.270 e. The Labute approximate surface area is 140 Å². The highest BCUT2D eigenvalue weighted by molar-refractivity contribution is 14.1. The molecule has 1 aromatic heterocycles. The van der Waals surface area contributed by atoms with Crippen LogP contribution in [-0.4, -0.2) is 10.8 Å². The third-order valence-electron chi connectivity index (χ3n) is 2.51. The first-order chi connectivity index (χ1) is 9.49. The van der Waals surface area contributed by atoms with Crippen molar-refractivity contribution in [1.29, 1.82) is 0 Å². The highest BCUT2D eigenvalue weighted by Crippen LogP contribution is 2.23. The van der Waals surface area contributed by atoms with Crippen LogP contribution < -0.4 is 5.32 Å². The maximum absolute atomic E-state index is 12.1. The molecular formula is C12H8BrIN2O3S. The third-order valence-corrected chi connectivity index (χ3v) is 5.37. The molecule has 2 aromatic rings. The van der Waals surface area contributed by atoms with Gasteiger partial charge >= 0.3 is 0 Å². The van der Waals surface area contributed by atoms with E-state index < -0.39 is 4.92 Å². The summed E-state index contributed by atoms with van der Waals surface area (Å²) in [6.07, 6.45) is 0. The van der Waals surface area contributed by atoms with Gasteiger partial charge in [-0.05, 0) is 56.0 Å². The lowest BCUT2D eigenvalue weighted by Crippen LogP contribution is -2.23. The van der Waals surface area contributed by atoms with Crippen LogP contribution in [0.15, 0.2) is 34.1 Å². The van der Waals surface area contributed by atoms with Gasteiger partial charge in [0.15, 0.2) is 0 Å². The molecular weight excluding hydrogens is 459 g/mol. The van der Waals surface area contributed by atoms with Gasteiger partial charge in [-0.2, -0.15) is 0 Å². The molecule has 0 unspecified atom stereocenters. The number of non-ortho nitro benzene ring substituents is 1. The number of carbonyl (C=O) groups excluding carboxylic acids is 1. The van der Waals surface area contributed by atoms with Gasteiger partial charge in [0.25, 0.3) is 11.6 Å². The van der Waals surface area contributed by atoms with E-state index in [-0.39, 0.29) is 11.6 Å². The number of nitrogens with zero attached hydrogens (tertiary/aromatic N) is 1. The van der Waals surface area contributed by atoms with Gasteiger partial charge in [-0.3, -0.25) is 14.9 Å². The molecule has 1 N–H and O–H groups in total. The van der Waals surface area contributed by atoms with E-state index >= 15 is 0 Å². The zero-order valence-electron chi connectivity index (χ0n) is 9.93. The Morgan fingerprint density at radius 1 is 1.45 bits per heavy atom. The van der Waals surface area contributed by atoms with Crippen molar-refractivity contribution in [3.05, 3.63) is 58.2 Å². The number of hydrogen-bond acceptors (Lipinski definition) is 4. The highest BCUT2D eigenvalue weighted by atomic mass is 127. The minimum absolute atomic E-state index is 0.0899. The summed E-state index contributed by atoms with van der Waals surface area (Å²) in [4.78, 5) is 23.3. The molecule has 0 spiro atoms. The topological polar surface area (TPSA) is 72.2 Å². The van der Waals surface area contributed by atoms with Crippen LogP contribution in [0, 0.1) is 13.7 Å². The maximum atomic E-state index is 12.1. The molecule has 0 aliphatic heterocycles. The van der Waals surface area contributed by atoms with Crippen LogP contribution in [0.4, 0.5) is 5.69 Å². The van der Waals surface area contributed by atoms with Crippen LogP contribution in [0.1, 0.15) is 15.2 Å². The summed E-state index contributed by atoms with van der Waals surface area (Å²) in [7, 11) is 0. The molecule has 2 rings (SSSR count). The average Bonchev–Trinajstić information content (AvgIpc) is 2.81. The van der Waals surface area contributed by atoms with E-state index in [1.807, 2.05) is 34.0 Å². The molecule has 20 heavy (non-hydrogen) atoms. The van der Waals surface area contributed by atoms with Gasteiger partial charge in [0, 0.05) is 25.1 Å². The van der Waals surface area contributed by atoms with Crippen LogP contribution in [0.3, 0.4) is 0 Å². The van der Waals surface area contributed by atoms with Crippen LogP contribution in [-0.2, 0) is 6.54 Å². The van der Waals surface area contributed by atoms with E-state index in [2.05, 4.69) is 21.2 Å². The van der Waals surface area contributed by atoms with Crippen molar-refractivity contribution in [1.82, 2.24) is 5.32 Å². The smallest absolute Gasteiger partial charge is 0.270 e. The van der Waals surface area contributed by atoms with Crippen molar-refractivity contribution in [3.8, 4) is 0 Å². The summed E-state index contributed by atoms with van der Waals surface area (Å²) < 4.78 is 1.62. The molecule has 1 heterocycles. The minimum atomic E-state index is -0.511. The Morgan fingerprint density at radius 3 is 2.80 bits per heavy atom. The number of nitrogens with one attached hydrogen (secondary N) is 1. The monoisotopic (exact) mass is 466 g/mol. The van der Waals surface area contributed by atoms with Gasteiger partial charge in [0.1, 0.15) is 0 Å². The predicted octanol–water partition coefficient (Wildman–Crippen LogP) is 3.95. The molecule has 1 amide bonds. The first kappa shape index (κ1) is 15.4. The lowest BCUT2D eigenvalue weighted by atomic mass is 10.2. The van der Waals surface area contributed by atoms with Crippen LogP contribution >= 0.6 is 49.9 Å². The fraction of sp³-hybridized carbons (Fsp3) is 0.0833. The predicted molar refractivity (Wildman–Crippen MR) is 89.0 cm³/mol. The van der Waals surface area contributed by atoms with Gasteiger partial charge < -0.3 is 5.32 Å². The number of hydrogen-bond donors (Lipinski definition) is 1. The number of amides is 1. The average molecular weight is 467 g/mol. The molecule has 0 saturated heterocycles. The number of benzene rings is 1. The normalized spacial score (nSPS) is 10.3. The van der Waals surface area contributed by atoms with Crippen LogP contribution in [0.2, 0.25) is 0 Å². The van der Waals surface area contributed by atoms with Crippen molar-refractivity contribution in [2.45, 2.75) is 6.54 Å². The van der Waals surface area contributed by atoms with E-state index in [1.54, 1.807) is 6.07 Å². The lowest BCUT2D eigenvalue weighted by molar-refractivity contribution is -0.384. The van der Waals surface area contributed by atoms with Crippen molar-refractivity contribution in [3.63, 3.8) is 0 Å². The summed E-state index contributed by atoms with van der Waals surface area (Å²) in [6.45, 7) is 0.385. The van der Waals surface area contributed by atoms with Crippen LogP contribution in [0.5, 0.6) is 0 Å². The van der Waals surface area contributed by atoms with Crippen molar-refractivity contribution in [2.75, 3.05) is 0 Å². The Morgan fingerprint density at radius 2 is 2.20 bits per heavy atom. The van der Waals surface area contributed by atoms with E-state index in [4.69, 9.17) is 0 Å². The molecule has 0 aliphatic rings. The summed E-state index contributed by atoms with van der Waals surface area (Å²) in [5.41, 5.74) is 0.223. The standard InChI is InChI=1S/C12H8BrIN2O3S/c13-9-3-4-20-11(9)6-15-12(17)8-5-7(16(18)19)1-2-10(8)14/h1-5H,6H2,(H,15,17). The Hall–Kier alpha value is -1.00. The van der Waals surface area contributed by atoms with Gasteiger partial charge in [-0.1, -0.05) is 0 Å². The second-order valence-corrected chi connectivity index (χ2v) is 6.81. The Balaban J connectivity index is 2.15. The summed E-state index contributed by atoms with van der Waals surface area (Å²) >= 11 is 6.90. The zero-order valence-corrected chi connectivity index (χ0v) is 14.5. The zero-order chi connectivity index (χ0) is 14.7. The molecule has 1 aromatic carbocycles. The highest BCUT2D eigenvalue weighted by Gasteiger charge is 2.15. The first-order valence-corrected chi connectivity index (χ1v) is 8.18. The van der Waals surface area contributed by atoms with Crippen molar-refractivity contribution < 1.29 is 9.72 Å². The Kier molecular flexibility index (Phi) is 5.11. The fourth-order valence-electron chi connectivity index (χ4n) is 1.51. The summed E-state index contributed by atoms with van der Waals surface area (Å²) in [6, 6.07) is 6.15. The molecule has 0 bridgehead atoms. The molecule has 0 saturated carbocycles. The summed E-state index contributed by atoms with van der Waals surface area (Å²) in [5, 5.41) is 15.4. The molecule has 5 nitrogen and oxygen atoms in total. The van der Waals surface area contributed by atoms with Crippen molar-refractivity contribution in [2.24, 2.45) is 0 Å². The van der Waals surface area contributed by atoms with E-state index in [0.29, 0.717) is 15.7 Å². The first-order valence-electron chi connectivity index (χ1n) is 5.43. The number of rotatable bonds is 4. The van der Waals surface area contributed by atoms with E-state index in [0.717, 1.165) is 9.35 Å². The molecule has 0 radical (unpaired) electrons. The van der Waals surface area contributed by atoms with Gasteiger partial charge in [-0.15, -0.1) is 11.3 Å². The summed E-state index contributed by atoms with van der Waals surface area (Å²) in [5.74, 6) is -0.321. The van der Waals surface area contributed by atoms with Crippen LogP contribution in [0.25, 0.3) is 0 Å². The van der Waals surface area contributed by atoms with E-state index in [1.165, 1.54) is 23.5 Å². The van der Waals surface area contributed by atoms with Gasteiger partial charge in [-0.25, -0.2) is 0 Å². The molecule has 0 fully saturated rings. The molecule has 104 valence electrons. The van der Waals surface area contributed by atoms with Gasteiger partial charge in [0.2, 0.25) is 0 Å². The fourth-order valence-corrected chi connectivity index (χ4v) is 3.52. The SMILES string of the molecule is O=C(NCc1sccc1Br)c1cc([N+](=O)[O-])ccc1I. The number of nitro benzene ring substituents is 1. The molecule has 0 aliphatic carbocycles. The second kappa shape index (κ2) is 6.64. The minimum Gasteiger partial charge on any atom is -0.347 e. The number of halogens is 2. The van der Waals surface area contributed by atoms with E-state index in [9.17, 15) is 14.9 Å². The Bertz CT molecular complexity index is 674. The second-order valence-electron chi connectivity index (χ2n) is 3.80. The van der Waals surface area contributed by atoms with Crippen molar-refractivity contribution >= 4 is 61.5 Å². The van der Waals surface area contributed by atoms with Gasteiger partial charge in [0.05, 0.1) is 17.0 Å². The number of thiophene rings is 1. The molecule has 8 heteroatoms. The number of nitro groups is 1. The molecule has 0 atom stereocenters.